The highest BCUT2D eigenvalue weighted by Crippen LogP contribution is 2.18. The number of hydrogen-bond acceptors (Lipinski definition) is 3. The molecule has 5 nitrogen and oxygen atoms in total. The Morgan fingerprint density at radius 1 is 1.53 bits per heavy atom. The van der Waals surface area contributed by atoms with Gasteiger partial charge in [-0.05, 0) is 24.3 Å². The van der Waals surface area contributed by atoms with Crippen LogP contribution in [-0.4, -0.2) is 22.7 Å². The summed E-state index contributed by atoms with van der Waals surface area (Å²) < 4.78 is 6.90. The van der Waals surface area contributed by atoms with Crippen LogP contribution >= 0.6 is 0 Å². The van der Waals surface area contributed by atoms with Crippen LogP contribution in [0.25, 0.3) is 0 Å². The number of nitro groups is 1. The van der Waals surface area contributed by atoms with E-state index >= 15 is 0 Å². The lowest BCUT2D eigenvalue weighted by Crippen LogP contribution is -2.08. The van der Waals surface area contributed by atoms with Crippen molar-refractivity contribution in [2.75, 3.05) is 13.2 Å². The summed E-state index contributed by atoms with van der Waals surface area (Å²) in [5, 5.41) is 10.7. The monoisotopic (exact) mass is 212 g/mol. The highest BCUT2D eigenvalue weighted by atomic mass is 16.6. The van der Waals surface area contributed by atoms with Crippen LogP contribution in [0.3, 0.4) is 0 Å². The fraction of sp³-hybridized carbons (Fsp3) is 0.600. The first-order chi connectivity index (χ1) is 7.16. The zero-order valence-electron chi connectivity index (χ0n) is 9.10. The third-order valence-corrected chi connectivity index (χ3v) is 2.13. The average molecular weight is 212 g/mol. The molecule has 0 unspecified atom stereocenters. The van der Waals surface area contributed by atoms with Crippen molar-refractivity contribution in [1.82, 2.24) is 4.57 Å². The molecule has 0 amide bonds. The van der Waals surface area contributed by atoms with Gasteiger partial charge >= 0.3 is 5.82 Å². The van der Waals surface area contributed by atoms with E-state index in [-0.39, 0.29) is 10.7 Å². The molecule has 84 valence electrons. The quantitative estimate of drug-likeness (QED) is 0.412. The van der Waals surface area contributed by atoms with E-state index in [0.717, 1.165) is 6.42 Å². The maximum absolute atomic E-state index is 10.7. The van der Waals surface area contributed by atoms with E-state index in [9.17, 15) is 10.1 Å². The fourth-order valence-corrected chi connectivity index (χ4v) is 1.41. The van der Waals surface area contributed by atoms with E-state index in [4.69, 9.17) is 4.74 Å². The van der Waals surface area contributed by atoms with Crippen LogP contribution in [-0.2, 0) is 11.3 Å². The Morgan fingerprint density at radius 2 is 2.27 bits per heavy atom. The molecule has 0 aliphatic carbocycles. The van der Waals surface area contributed by atoms with E-state index in [1.807, 2.05) is 6.92 Å². The van der Waals surface area contributed by atoms with E-state index in [0.29, 0.717) is 25.3 Å². The molecule has 0 aliphatic rings. The standard InChI is InChI=1S/C10H16N2O3/c1-3-7-15-8-6-11-5-4-9(2)10(11)12(13)14/h4-5H,3,6-8H2,1-2H3. The van der Waals surface area contributed by atoms with Crippen LogP contribution in [0.4, 0.5) is 5.82 Å². The van der Waals surface area contributed by atoms with Crippen molar-refractivity contribution in [3.05, 3.63) is 27.9 Å². The number of hydrogen-bond donors (Lipinski definition) is 0. The zero-order valence-corrected chi connectivity index (χ0v) is 9.10. The molecule has 5 heteroatoms. The van der Waals surface area contributed by atoms with E-state index in [1.54, 1.807) is 23.8 Å². The highest BCUT2D eigenvalue weighted by molar-refractivity contribution is 5.33. The van der Waals surface area contributed by atoms with Gasteiger partial charge in [-0.25, -0.2) is 4.57 Å². The van der Waals surface area contributed by atoms with Gasteiger partial charge < -0.3 is 14.9 Å². The summed E-state index contributed by atoms with van der Waals surface area (Å²) in [4.78, 5) is 10.4. The molecule has 0 aliphatic heterocycles. The second kappa shape index (κ2) is 5.50. The van der Waals surface area contributed by atoms with Crippen molar-refractivity contribution in [3.8, 4) is 0 Å². The Labute approximate surface area is 88.8 Å². The van der Waals surface area contributed by atoms with Crippen molar-refractivity contribution >= 4 is 5.82 Å². The molecule has 1 rings (SSSR count). The number of rotatable bonds is 6. The molecule has 0 saturated carbocycles. The molecule has 0 radical (unpaired) electrons. The van der Waals surface area contributed by atoms with Crippen molar-refractivity contribution in [3.63, 3.8) is 0 Å². The van der Waals surface area contributed by atoms with Crippen molar-refractivity contribution < 1.29 is 9.66 Å². The normalized spacial score (nSPS) is 10.5. The smallest absolute Gasteiger partial charge is 0.326 e. The van der Waals surface area contributed by atoms with Gasteiger partial charge in [-0.2, -0.15) is 0 Å². The second-order valence-corrected chi connectivity index (χ2v) is 3.39. The Bertz CT molecular complexity index is 333. The largest absolute Gasteiger partial charge is 0.377 e. The first kappa shape index (κ1) is 11.7. The molecule has 0 atom stereocenters. The zero-order chi connectivity index (χ0) is 11.3. The molecule has 0 bridgehead atoms. The first-order valence-electron chi connectivity index (χ1n) is 5.04. The lowest BCUT2D eigenvalue weighted by atomic mass is 10.4. The summed E-state index contributed by atoms with van der Waals surface area (Å²) in [6.45, 7) is 5.52. The van der Waals surface area contributed by atoms with Gasteiger partial charge in [0.2, 0.25) is 0 Å². The third-order valence-electron chi connectivity index (χ3n) is 2.13. The van der Waals surface area contributed by atoms with Gasteiger partial charge in [-0.1, -0.05) is 6.92 Å². The summed E-state index contributed by atoms with van der Waals surface area (Å²) in [5.41, 5.74) is 0.690. The number of ether oxygens (including phenoxy) is 1. The lowest BCUT2D eigenvalue weighted by molar-refractivity contribution is -0.392. The molecular weight excluding hydrogens is 196 g/mol. The summed E-state index contributed by atoms with van der Waals surface area (Å²) in [5.74, 6) is 0.162. The highest BCUT2D eigenvalue weighted by Gasteiger charge is 2.15. The number of aryl methyl sites for hydroxylation is 1. The Morgan fingerprint density at radius 3 is 2.87 bits per heavy atom. The summed E-state index contributed by atoms with van der Waals surface area (Å²) in [6, 6.07) is 1.75. The lowest BCUT2D eigenvalue weighted by Gasteiger charge is -2.03. The van der Waals surface area contributed by atoms with E-state index in [1.165, 1.54) is 0 Å². The maximum Gasteiger partial charge on any atom is 0.326 e. The van der Waals surface area contributed by atoms with E-state index < -0.39 is 0 Å². The van der Waals surface area contributed by atoms with Crippen LogP contribution in [0, 0.1) is 17.0 Å². The van der Waals surface area contributed by atoms with Crippen LogP contribution in [0.5, 0.6) is 0 Å². The third kappa shape index (κ3) is 3.06. The van der Waals surface area contributed by atoms with Crippen LogP contribution in [0.1, 0.15) is 18.9 Å². The average Bonchev–Trinajstić information content (AvgIpc) is 2.54. The number of aromatic nitrogens is 1. The van der Waals surface area contributed by atoms with Gasteiger partial charge in [-0.15, -0.1) is 0 Å². The van der Waals surface area contributed by atoms with Crippen LogP contribution in [0.2, 0.25) is 0 Å². The van der Waals surface area contributed by atoms with E-state index in [2.05, 4.69) is 0 Å². The van der Waals surface area contributed by atoms with Gasteiger partial charge in [0.25, 0.3) is 0 Å². The van der Waals surface area contributed by atoms with Crippen LogP contribution < -0.4 is 0 Å². The molecule has 0 fully saturated rings. The van der Waals surface area contributed by atoms with Crippen molar-refractivity contribution in [1.29, 1.82) is 0 Å². The summed E-state index contributed by atoms with van der Waals surface area (Å²) in [7, 11) is 0. The minimum atomic E-state index is -0.352. The summed E-state index contributed by atoms with van der Waals surface area (Å²) >= 11 is 0. The molecule has 1 aromatic rings. The van der Waals surface area contributed by atoms with Gasteiger partial charge in [0.05, 0.1) is 12.8 Å². The molecule has 0 aromatic carbocycles. The topological polar surface area (TPSA) is 57.3 Å². The minimum Gasteiger partial charge on any atom is -0.377 e. The van der Waals surface area contributed by atoms with Gasteiger partial charge in [0, 0.05) is 12.2 Å². The van der Waals surface area contributed by atoms with Crippen LogP contribution in [0.15, 0.2) is 12.3 Å². The molecule has 1 heterocycles. The number of nitrogens with zero attached hydrogens (tertiary/aromatic N) is 2. The van der Waals surface area contributed by atoms with Gasteiger partial charge in [-0.3, -0.25) is 0 Å². The predicted octanol–water partition coefficient (Wildman–Crippen LogP) is 2.13. The molecule has 0 N–H and O–H groups in total. The molecule has 1 aromatic heterocycles. The maximum atomic E-state index is 10.7. The van der Waals surface area contributed by atoms with Crippen molar-refractivity contribution in [2.24, 2.45) is 0 Å². The molecule has 0 spiro atoms. The predicted molar refractivity (Wildman–Crippen MR) is 56.9 cm³/mol. The minimum absolute atomic E-state index is 0.162. The Kier molecular flexibility index (Phi) is 4.30. The molecule has 0 saturated heterocycles. The van der Waals surface area contributed by atoms with Crippen molar-refractivity contribution in [2.45, 2.75) is 26.8 Å². The van der Waals surface area contributed by atoms with Gasteiger partial charge in [0.1, 0.15) is 6.54 Å². The molecule has 15 heavy (non-hydrogen) atoms. The second-order valence-electron chi connectivity index (χ2n) is 3.39. The Balaban J connectivity index is 2.57. The SMILES string of the molecule is CCCOCCn1ccc(C)c1[N+](=O)[O-]. The van der Waals surface area contributed by atoms with Gasteiger partial charge in [0.15, 0.2) is 0 Å². The molecular formula is C10H16N2O3. The fourth-order valence-electron chi connectivity index (χ4n) is 1.41. The summed E-state index contributed by atoms with van der Waals surface area (Å²) in [6.07, 6.45) is 2.69. The first-order valence-corrected chi connectivity index (χ1v) is 5.04. The Hall–Kier alpha value is -1.36.